The molecule has 0 radical (unpaired) electrons. The molecule has 0 aromatic carbocycles. The number of ether oxygens (including phenoxy) is 2. The highest BCUT2D eigenvalue weighted by Crippen LogP contribution is 2.35. The lowest BCUT2D eigenvalue weighted by Crippen LogP contribution is -2.33. The number of aliphatic hydroxyl groups excluding tert-OH is 2. The van der Waals surface area contributed by atoms with Gasteiger partial charge >= 0.3 is 0 Å². The zero-order valence-electron chi connectivity index (χ0n) is 5.43. The summed E-state index contributed by atoms with van der Waals surface area (Å²) >= 11 is 0. The van der Waals surface area contributed by atoms with E-state index in [4.69, 9.17) is 19.7 Å². The van der Waals surface area contributed by atoms with Crippen molar-refractivity contribution < 1.29 is 19.7 Å². The quantitative estimate of drug-likeness (QED) is 0.466. The van der Waals surface area contributed by atoms with Crippen LogP contribution in [0, 0.1) is 0 Å². The van der Waals surface area contributed by atoms with Crippen LogP contribution in [-0.2, 0) is 9.47 Å². The normalized spacial score (nSPS) is 46.8. The number of aliphatic hydroxyl groups is 2. The number of rotatable bonds is 2. The molecular formula is C6H10O4. The van der Waals surface area contributed by atoms with Crippen LogP contribution in [0.1, 0.15) is 0 Å². The summed E-state index contributed by atoms with van der Waals surface area (Å²) in [6.07, 6.45) is -0.846. The predicted octanol–water partition coefficient (Wildman–Crippen LogP) is -1.49. The van der Waals surface area contributed by atoms with E-state index in [0.29, 0.717) is 6.61 Å². The van der Waals surface area contributed by atoms with Crippen LogP contribution in [-0.4, -0.2) is 47.8 Å². The SMILES string of the molecule is OC[C@@H](O)[C@H]1OC[C@H]2O[C@@H]12. The first kappa shape index (κ1) is 6.54. The number of fused-ring (bicyclic) bond motifs is 1. The molecular weight excluding hydrogens is 136 g/mol. The van der Waals surface area contributed by atoms with Gasteiger partial charge in [0.25, 0.3) is 0 Å². The molecule has 2 rings (SSSR count). The maximum Gasteiger partial charge on any atom is 0.115 e. The fourth-order valence-corrected chi connectivity index (χ4v) is 1.31. The average Bonchev–Trinajstić information content (AvgIpc) is 2.62. The van der Waals surface area contributed by atoms with Crippen molar-refractivity contribution in [3.05, 3.63) is 0 Å². The summed E-state index contributed by atoms with van der Waals surface area (Å²) in [4.78, 5) is 0. The molecule has 10 heavy (non-hydrogen) atoms. The molecule has 58 valence electrons. The minimum atomic E-state index is -0.780. The van der Waals surface area contributed by atoms with E-state index in [0.717, 1.165) is 0 Å². The molecule has 2 fully saturated rings. The molecule has 0 aromatic rings. The van der Waals surface area contributed by atoms with Gasteiger partial charge in [0.15, 0.2) is 0 Å². The number of epoxide rings is 1. The Morgan fingerprint density at radius 1 is 1.60 bits per heavy atom. The van der Waals surface area contributed by atoms with Gasteiger partial charge in [0.1, 0.15) is 24.4 Å². The fourth-order valence-electron chi connectivity index (χ4n) is 1.31. The third kappa shape index (κ3) is 0.845. The highest BCUT2D eigenvalue weighted by Gasteiger charge is 2.53. The van der Waals surface area contributed by atoms with E-state index in [1.165, 1.54) is 0 Å². The summed E-state index contributed by atoms with van der Waals surface area (Å²) in [6, 6.07) is 0. The van der Waals surface area contributed by atoms with Gasteiger partial charge in [0, 0.05) is 0 Å². The van der Waals surface area contributed by atoms with Crippen molar-refractivity contribution in [1.29, 1.82) is 0 Å². The van der Waals surface area contributed by atoms with Crippen LogP contribution in [0.25, 0.3) is 0 Å². The van der Waals surface area contributed by atoms with Gasteiger partial charge in [-0.3, -0.25) is 0 Å². The van der Waals surface area contributed by atoms with E-state index in [9.17, 15) is 0 Å². The third-order valence-electron chi connectivity index (χ3n) is 1.96. The molecule has 0 aliphatic carbocycles. The van der Waals surface area contributed by atoms with Crippen LogP contribution in [0.3, 0.4) is 0 Å². The zero-order valence-corrected chi connectivity index (χ0v) is 5.43. The van der Waals surface area contributed by atoms with E-state index in [1.807, 2.05) is 0 Å². The second-order valence-corrected chi connectivity index (χ2v) is 2.69. The van der Waals surface area contributed by atoms with Crippen LogP contribution < -0.4 is 0 Å². The molecule has 4 atom stereocenters. The van der Waals surface area contributed by atoms with E-state index in [1.54, 1.807) is 0 Å². The summed E-state index contributed by atoms with van der Waals surface area (Å²) < 4.78 is 10.2. The molecule has 2 aliphatic rings. The highest BCUT2D eigenvalue weighted by molar-refractivity contribution is 4.99. The van der Waals surface area contributed by atoms with Gasteiger partial charge in [0.05, 0.1) is 13.2 Å². The Labute approximate surface area is 58.4 Å². The molecule has 2 aliphatic heterocycles. The minimum absolute atomic E-state index is 0.0437. The second kappa shape index (κ2) is 2.17. The molecule has 2 N–H and O–H groups in total. The Kier molecular flexibility index (Phi) is 1.42. The molecule has 0 bridgehead atoms. The Bertz CT molecular complexity index is 138. The van der Waals surface area contributed by atoms with Gasteiger partial charge < -0.3 is 19.7 Å². The monoisotopic (exact) mass is 146 g/mol. The maximum absolute atomic E-state index is 9.10. The molecule has 4 heteroatoms. The summed E-state index contributed by atoms with van der Waals surface area (Å²) in [5.41, 5.74) is 0. The standard InChI is InChI=1S/C6H10O4/c7-1-3(8)5-6-4(10-6)2-9-5/h3-8H,1-2H2/t3-,4-,5-,6-/m1/s1. The molecule has 0 amide bonds. The molecule has 4 nitrogen and oxygen atoms in total. The first-order valence-corrected chi connectivity index (χ1v) is 3.39. The molecule has 2 saturated heterocycles. The lowest BCUT2D eigenvalue weighted by molar-refractivity contribution is -0.0655. The Morgan fingerprint density at radius 2 is 2.40 bits per heavy atom. The maximum atomic E-state index is 9.10. The minimum Gasteiger partial charge on any atom is -0.394 e. The summed E-state index contributed by atoms with van der Waals surface area (Å²) in [7, 11) is 0. The summed E-state index contributed by atoms with van der Waals surface area (Å²) in [5, 5.41) is 17.6. The first-order chi connectivity index (χ1) is 4.83. The zero-order chi connectivity index (χ0) is 7.14. The smallest absolute Gasteiger partial charge is 0.115 e. The highest BCUT2D eigenvalue weighted by atomic mass is 16.7. The Morgan fingerprint density at radius 3 is 2.80 bits per heavy atom. The van der Waals surface area contributed by atoms with Crippen molar-refractivity contribution in [2.45, 2.75) is 24.4 Å². The van der Waals surface area contributed by atoms with Gasteiger partial charge in [-0.25, -0.2) is 0 Å². The van der Waals surface area contributed by atoms with Crippen LogP contribution in [0.15, 0.2) is 0 Å². The number of hydrogen-bond donors (Lipinski definition) is 2. The largest absolute Gasteiger partial charge is 0.394 e. The van der Waals surface area contributed by atoms with Gasteiger partial charge in [-0.1, -0.05) is 0 Å². The van der Waals surface area contributed by atoms with Crippen molar-refractivity contribution in [2.24, 2.45) is 0 Å². The Balaban J connectivity index is 1.92. The van der Waals surface area contributed by atoms with E-state index >= 15 is 0 Å². The Hall–Kier alpha value is -0.160. The third-order valence-corrected chi connectivity index (χ3v) is 1.96. The van der Waals surface area contributed by atoms with Gasteiger partial charge in [0.2, 0.25) is 0 Å². The molecule has 0 saturated carbocycles. The van der Waals surface area contributed by atoms with Crippen molar-refractivity contribution in [2.75, 3.05) is 13.2 Å². The van der Waals surface area contributed by atoms with Gasteiger partial charge in [-0.15, -0.1) is 0 Å². The van der Waals surface area contributed by atoms with Crippen molar-refractivity contribution in [3.8, 4) is 0 Å². The lowest BCUT2D eigenvalue weighted by atomic mass is 10.1. The van der Waals surface area contributed by atoms with Crippen molar-refractivity contribution in [3.63, 3.8) is 0 Å². The van der Waals surface area contributed by atoms with E-state index in [2.05, 4.69) is 0 Å². The summed E-state index contributed by atoms with van der Waals surface area (Å²) in [5.74, 6) is 0. The van der Waals surface area contributed by atoms with E-state index < -0.39 is 6.10 Å². The fraction of sp³-hybridized carbons (Fsp3) is 1.00. The van der Waals surface area contributed by atoms with Crippen molar-refractivity contribution >= 4 is 0 Å². The van der Waals surface area contributed by atoms with Crippen LogP contribution in [0.2, 0.25) is 0 Å². The molecule has 0 spiro atoms. The van der Waals surface area contributed by atoms with Crippen molar-refractivity contribution in [1.82, 2.24) is 0 Å². The second-order valence-electron chi connectivity index (χ2n) is 2.69. The predicted molar refractivity (Wildman–Crippen MR) is 31.5 cm³/mol. The topological polar surface area (TPSA) is 62.2 Å². The molecule has 2 heterocycles. The van der Waals surface area contributed by atoms with Crippen LogP contribution in [0.4, 0.5) is 0 Å². The van der Waals surface area contributed by atoms with Crippen LogP contribution >= 0.6 is 0 Å². The van der Waals surface area contributed by atoms with E-state index in [-0.39, 0.29) is 24.9 Å². The number of hydrogen-bond acceptors (Lipinski definition) is 4. The van der Waals surface area contributed by atoms with Gasteiger partial charge in [-0.2, -0.15) is 0 Å². The van der Waals surface area contributed by atoms with Crippen LogP contribution in [0.5, 0.6) is 0 Å². The average molecular weight is 146 g/mol. The first-order valence-electron chi connectivity index (χ1n) is 3.39. The molecule has 0 aromatic heterocycles. The lowest BCUT2D eigenvalue weighted by Gasteiger charge is -2.15. The van der Waals surface area contributed by atoms with Gasteiger partial charge in [-0.05, 0) is 0 Å². The summed E-state index contributed by atoms with van der Waals surface area (Å²) in [6.45, 7) is 0.309. The molecule has 0 unspecified atom stereocenters.